The molecule has 4 heteroatoms. The summed E-state index contributed by atoms with van der Waals surface area (Å²) in [5.41, 5.74) is 11.1. The molecular formula is C8H20N2O2. The van der Waals surface area contributed by atoms with E-state index in [1.807, 2.05) is 13.8 Å². The van der Waals surface area contributed by atoms with Gasteiger partial charge >= 0.3 is 0 Å². The van der Waals surface area contributed by atoms with Gasteiger partial charge in [-0.2, -0.15) is 0 Å². The van der Waals surface area contributed by atoms with Gasteiger partial charge in [0, 0.05) is 12.1 Å². The molecule has 0 radical (unpaired) electrons. The van der Waals surface area contributed by atoms with Crippen molar-refractivity contribution in [2.24, 2.45) is 11.5 Å². The highest BCUT2D eigenvalue weighted by atomic mass is 16.3. The van der Waals surface area contributed by atoms with Crippen LogP contribution in [0.4, 0.5) is 0 Å². The number of hydrogen-bond donors (Lipinski definition) is 4. The van der Waals surface area contributed by atoms with Crippen LogP contribution in [0.25, 0.3) is 0 Å². The van der Waals surface area contributed by atoms with Crippen LogP contribution in [0.5, 0.6) is 0 Å². The molecule has 0 aliphatic carbocycles. The molecule has 0 aliphatic heterocycles. The summed E-state index contributed by atoms with van der Waals surface area (Å²) < 4.78 is 0. The first-order valence-corrected chi connectivity index (χ1v) is 4.41. The van der Waals surface area contributed by atoms with Gasteiger partial charge in [-0.3, -0.25) is 0 Å². The minimum absolute atomic E-state index is 0.391. The molecular weight excluding hydrogens is 156 g/mol. The molecule has 0 fully saturated rings. The van der Waals surface area contributed by atoms with E-state index in [2.05, 4.69) is 0 Å². The normalized spacial score (nSPS) is 21.5. The molecule has 0 aromatic heterocycles. The van der Waals surface area contributed by atoms with Crippen LogP contribution in [-0.2, 0) is 0 Å². The van der Waals surface area contributed by atoms with Gasteiger partial charge in [-0.15, -0.1) is 0 Å². The molecule has 0 rings (SSSR count). The van der Waals surface area contributed by atoms with Crippen LogP contribution >= 0.6 is 0 Å². The maximum Gasteiger partial charge on any atom is 0.0964 e. The molecule has 6 N–H and O–H groups in total. The van der Waals surface area contributed by atoms with Crippen LogP contribution in [-0.4, -0.2) is 34.5 Å². The number of rotatable bonds is 5. The molecule has 0 saturated carbocycles. The average molecular weight is 176 g/mol. The molecule has 0 spiro atoms. The van der Waals surface area contributed by atoms with Crippen molar-refractivity contribution in [3.05, 3.63) is 0 Å². The minimum atomic E-state index is -0.912. The first kappa shape index (κ1) is 11.8. The maximum absolute atomic E-state index is 9.43. The number of hydrogen-bond acceptors (Lipinski definition) is 4. The predicted octanol–water partition coefficient (Wildman–Crippen LogP) is -0.817. The molecule has 0 heterocycles. The third kappa shape index (κ3) is 3.06. The van der Waals surface area contributed by atoms with E-state index < -0.39 is 24.3 Å². The second kappa shape index (κ2) is 5.48. The summed E-state index contributed by atoms with van der Waals surface area (Å²) in [5.74, 6) is 0. The molecule has 0 bridgehead atoms. The van der Waals surface area contributed by atoms with Gasteiger partial charge in [0.1, 0.15) is 0 Å². The molecule has 0 aromatic carbocycles. The summed E-state index contributed by atoms with van der Waals surface area (Å²) >= 11 is 0. The topological polar surface area (TPSA) is 92.5 Å². The van der Waals surface area contributed by atoms with Gasteiger partial charge in [-0.25, -0.2) is 0 Å². The fourth-order valence-corrected chi connectivity index (χ4v) is 0.990. The highest BCUT2D eigenvalue weighted by Gasteiger charge is 2.26. The Hall–Kier alpha value is -0.160. The van der Waals surface area contributed by atoms with E-state index in [0.29, 0.717) is 12.8 Å². The summed E-state index contributed by atoms with van der Waals surface area (Å²) in [7, 11) is 0. The van der Waals surface area contributed by atoms with Crippen LogP contribution in [0.3, 0.4) is 0 Å². The molecule has 12 heavy (non-hydrogen) atoms. The maximum atomic E-state index is 9.43. The van der Waals surface area contributed by atoms with Gasteiger partial charge in [0.2, 0.25) is 0 Å². The molecule has 74 valence electrons. The molecule has 0 amide bonds. The first-order chi connectivity index (χ1) is 5.54. The Kier molecular flexibility index (Phi) is 5.41. The summed E-state index contributed by atoms with van der Waals surface area (Å²) in [6, 6.07) is -0.782. The smallest absolute Gasteiger partial charge is 0.0964 e. The Balaban J connectivity index is 3.99. The number of aliphatic hydroxyl groups is 2. The van der Waals surface area contributed by atoms with Gasteiger partial charge in [0.05, 0.1) is 12.2 Å². The summed E-state index contributed by atoms with van der Waals surface area (Å²) in [6.07, 6.45) is -0.557. The van der Waals surface area contributed by atoms with Crippen molar-refractivity contribution in [3.63, 3.8) is 0 Å². The number of aliphatic hydroxyl groups excluding tert-OH is 2. The lowest BCUT2D eigenvalue weighted by Crippen LogP contribution is -2.50. The summed E-state index contributed by atoms with van der Waals surface area (Å²) in [4.78, 5) is 0. The van der Waals surface area contributed by atoms with Gasteiger partial charge < -0.3 is 21.7 Å². The third-order valence-electron chi connectivity index (χ3n) is 2.17. The first-order valence-electron chi connectivity index (χ1n) is 4.41. The van der Waals surface area contributed by atoms with Crippen molar-refractivity contribution in [1.82, 2.24) is 0 Å². The van der Waals surface area contributed by atoms with Crippen LogP contribution in [0.2, 0.25) is 0 Å². The van der Waals surface area contributed by atoms with E-state index in [4.69, 9.17) is 11.5 Å². The zero-order chi connectivity index (χ0) is 9.72. The molecule has 4 atom stereocenters. The highest BCUT2D eigenvalue weighted by molar-refractivity contribution is 4.83. The molecule has 4 unspecified atom stereocenters. The SMILES string of the molecule is CCC(N)C(O)C(O)C(N)CC. The Labute approximate surface area is 73.6 Å². The summed E-state index contributed by atoms with van der Waals surface area (Å²) in [6.45, 7) is 3.72. The molecule has 0 saturated heterocycles. The Morgan fingerprint density at radius 2 is 1.17 bits per heavy atom. The van der Waals surface area contributed by atoms with Crippen molar-refractivity contribution in [3.8, 4) is 0 Å². The van der Waals surface area contributed by atoms with E-state index in [9.17, 15) is 10.2 Å². The van der Waals surface area contributed by atoms with Crippen molar-refractivity contribution >= 4 is 0 Å². The Bertz CT molecular complexity index is 108. The van der Waals surface area contributed by atoms with Gasteiger partial charge in [0.15, 0.2) is 0 Å². The van der Waals surface area contributed by atoms with Gasteiger partial charge in [-0.1, -0.05) is 13.8 Å². The predicted molar refractivity (Wildman–Crippen MR) is 48.5 cm³/mol. The molecule has 4 nitrogen and oxygen atoms in total. The lowest BCUT2D eigenvalue weighted by molar-refractivity contribution is -0.0111. The van der Waals surface area contributed by atoms with Crippen molar-refractivity contribution in [2.75, 3.05) is 0 Å². The zero-order valence-corrected chi connectivity index (χ0v) is 7.77. The van der Waals surface area contributed by atoms with Crippen molar-refractivity contribution < 1.29 is 10.2 Å². The highest BCUT2D eigenvalue weighted by Crippen LogP contribution is 2.06. The standard InChI is InChI=1S/C8H20N2O2/c1-3-5(9)7(11)8(12)6(10)4-2/h5-8,11-12H,3-4,9-10H2,1-2H3. The lowest BCUT2D eigenvalue weighted by Gasteiger charge is -2.26. The fraction of sp³-hybridized carbons (Fsp3) is 1.00. The Morgan fingerprint density at radius 3 is 1.33 bits per heavy atom. The van der Waals surface area contributed by atoms with Gasteiger partial charge in [0.25, 0.3) is 0 Å². The van der Waals surface area contributed by atoms with Crippen molar-refractivity contribution in [1.29, 1.82) is 0 Å². The second-order valence-electron chi connectivity index (χ2n) is 3.13. The largest absolute Gasteiger partial charge is 0.389 e. The molecule has 0 aliphatic rings. The third-order valence-corrected chi connectivity index (χ3v) is 2.17. The van der Waals surface area contributed by atoms with E-state index >= 15 is 0 Å². The van der Waals surface area contributed by atoms with Crippen LogP contribution in [0, 0.1) is 0 Å². The van der Waals surface area contributed by atoms with Crippen LogP contribution < -0.4 is 11.5 Å². The van der Waals surface area contributed by atoms with Crippen molar-refractivity contribution in [2.45, 2.75) is 51.0 Å². The molecule has 0 aromatic rings. The van der Waals surface area contributed by atoms with E-state index in [1.54, 1.807) is 0 Å². The minimum Gasteiger partial charge on any atom is -0.389 e. The van der Waals surface area contributed by atoms with E-state index in [1.165, 1.54) is 0 Å². The lowest BCUT2D eigenvalue weighted by atomic mass is 9.97. The monoisotopic (exact) mass is 176 g/mol. The fourth-order valence-electron chi connectivity index (χ4n) is 0.990. The van der Waals surface area contributed by atoms with E-state index in [-0.39, 0.29) is 0 Å². The summed E-state index contributed by atoms with van der Waals surface area (Å²) in [5, 5.41) is 18.9. The quantitative estimate of drug-likeness (QED) is 0.440. The zero-order valence-electron chi connectivity index (χ0n) is 7.77. The Morgan fingerprint density at radius 1 is 0.917 bits per heavy atom. The second-order valence-corrected chi connectivity index (χ2v) is 3.13. The van der Waals surface area contributed by atoms with Crippen LogP contribution in [0.15, 0.2) is 0 Å². The number of nitrogens with two attached hydrogens (primary N) is 2. The van der Waals surface area contributed by atoms with Crippen LogP contribution in [0.1, 0.15) is 26.7 Å². The van der Waals surface area contributed by atoms with E-state index in [0.717, 1.165) is 0 Å². The van der Waals surface area contributed by atoms with Gasteiger partial charge in [-0.05, 0) is 12.8 Å². The average Bonchev–Trinajstić information content (AvgIpc) is 2.12.